The Balaban J connectivity index is 1.58. The number of fused-ring (bicyclic) bond motifs is 1. The molecule has 1 aliphatic rings. The summed E-state index contributed by atoms with van der Waals surface area (Å²) in [6, 6.07) is 14.2. The van der Waals surface area contributed by atoms with Gasteiger partial charge in [0.15, 0.2) is 4.96 Å². The van der Waals surface area contributed by atoms with Crippen LogP contribution in [0.15, 0.2) is 65.8 Å². The van der Waals surface area contributed by atoms with Crippen molar-refractivity contribution in [2.45, 2.75) is 25.2 Å². The first-order chi connectivity index (χ1) is 12.7. The van der Waals surface area contributed by atoms with Crippen molar-refractivity contribution in [3.8, 4) is 10.4 Å². The van der Waals surface area contributed by atoms with Gasteiger partial charge in [-0.2, -0.15) is 0 Å². The molecule has 4 nitrogen and oxygen atoms in total. The summed E-state index contributed by atoms with van der Waals surface area (Å²) in [5.74, 6) is 0.740. The van der Waals surface area contributed by atoms with Gasteiger partial charge in [0.25, 0.3) is 5.56 Å². The number of aromatic nitrogens is 3. The van der Waals surface area contributed by atoms with Crippen molar-refractivity contribution in [2.75, 3.05) is 0 Å². The highest BCUT2D eigenvalue weighted by Crippen LogP contribution is 2.54. The Morgan fingerprint density at radius 1 is 1.12 bits per heavy atom. The van der Waals surface area contributed by atoms with Gasteiger partial charge in [-0.05, 0) is 36.5 Å². The molecule has 4 aromatic rings. The molecule has 0 aliphatic heterocycles. The van der Waals surface area contributed by atoms with E-state index in [4.69, 9.17) is 4.98 Å². The molecule has 0 saturated heterocycles. The second kappa shape index (κ2) is 5.88. The zero-order valence-corrected chi connectivity index (χ0v) is 15.1. The first-order valence-electron chi connectivity index (χ1n) is 8.70. The van der Waals surface area contributed by atoms with Crippen molar-refractivity contribution in [2.24, 2.45) is 0 Å². The van der Waals surface area contributed by atoms with E-state index in [1.807, 2.05) is 43.6 Å². The average molecular weight is 359 g/mol. The molecule has 2 atom stereocenters. The Morgan fingerprint density at radius 3 is 2.73 bits per heavy atom. The molecule has 5 heteroatoms. The quantitative estimate of drug-likeness (QED) is 0.545. The number of rotatable bonds is 3. The summed E-state index contributed by atoms with van der Waals surface area (Å²) in [4.78, 5) is 23.8. The number of thiazole rings is 1. The Bertz CT molecular complexity index is 1150. The zero-order chi connectivity index (χ0) is 17.7. The summed E-state index contributed by atoms with van der Waals surface area (Å²) < 4.78 is 1.69. The number of hydrogen-bond acceptors (Lipinski definition) is 4. The largest absolute Gasteiger partial charge is 0.269 e. The lowest BCUT2D eigenvalue weighted by Gasteiger charge is -2.05. The standard InChI is InChI=1S/C21H17N3OS/c1-13-19(17-10-16(17)15-8-5-9-22-11-15)23-21-24(20(13)25)12-18(26-21)14-6-3-2-4-7-14/h2-9,11-12,16-17H,10H2,1H3. The lowest BCUT2D eigenvalue weighted by Crippen LogP contribution is -2.18. The van der Waals surface area contributed by atoms with Crippen molar-refractivity contribution in [1.29, 1.82) is 0 Å². The highest BCUT2D eigenvalue weighted by molar-refractivity contribution is 7.20. The molecule has 1 saturated carbocycles. The molecular formula is C21H17N3OS. The maximum Gasteiger partial charge on any atom is 0.261 e. The van der Waals surface area contributed by atoms with Crippen molar-refractivity contribution in [3.05, 3.63) is 88.2 Å². The van der Waals surface area contributed by atoms with Crippen LogP contribution in [0.1, 0.15) is 35.1 Å². The third-order valence-electron chi connectivity index (χ3n) is 5.11. The van der Waals surface area contributed by atoms with Gasteiger partial charge < -0.3 is 0 Å². The van der Waals surface area contributed by atoms with Crippen LogP contribution in [0.5, 0.6) is 0 Å². The van der Waals surface area contributed by atoms with Gasteiger partial charge >= 0.3 is 0 Å². The van der Waals surface area contributed by atoms with Gasteiger partial charge in [-0.25, -0.2) is 4.98 Å². The van der Waals surface area contributed by atoms with Crippen LogP contribution >= 0.6 is 11.3 Å². The smallest absolute Gasteiger partial charge is 0.261 e. The summed E-state index contributed by atoms with van der Waals surface area (Å²) in [6.45, 7) is 1.90. The van der Waals surface area contributed by atoms with E-state index in [9.17, 15) is 4.79 Å². The van der Waals surface area contributed by atoms with Gasteiger partial charge in [-0.3, -0.25) is 14.2 Å². The molecule has 2 unspecified atom stereocenters. The molecule has 26 heavy (non-hydrogen) atoms. The normalized spacial score (nSPS) is 19.0. The van der Waals surface area contributed by atoms with Gasteiger partial charge in [-0.1, -0.05) is 47.7 Å². The molecule has 1 fully saturated rings. The number of hydrogen-bond donors (Lipinski definition) is 0. The van der Waals surface area contributed by atoms with E-state index in [1.165, 1.54) is 5.56 Å². The summed E-state index contributed by atoms with van der Waals surface area (Å²) in [5, 5.41) is 0. The molecule has 3 aromatic heterocycles. The molecule has 0 radical (unpaired) electrons. The lowest BCUT2D eigenvalue weighted by molar-refractivity contribution is 0.911. The Morgan fingerprint density at radius 2 is 1.96 bits per heavy atom. The zero-order valence-electron chi connectivity index (χ0n) is 14.3. The molecule has 1 aliphatic carbocycles. The Labute approximate surface area is 154 Å². The first-order valence-corrected chi connectivity index (χ1v) is 9.52. The third kappa shape index (κ3) is 2.47. The van der Waals surface area contributed by atoms with Crippen LogP contribution in [0, 0.1) is 6.92 Å². The monoisotopic (exact) mass is 359 g/mol. The third-order valence-corrected chi connectivity index (χ3v) is 6.14. The maximum atomic E-state index is 12.9. The minimum absolute atomic E-state index is 0.0419. The second-order valence-corrected chi connectivity index (χ2v) is 7.79. The SMILES string of the molecule is Cc1c(C2CC2c2cccnc2)nc2sc(-c3ccccc3)cn2c1=O. The molecule has 0 bridgehead atoms. The molecular weight excluding hydrogens is 342 g/mol. The van der Waals surface area contributed by atoms with E-state index in [1.54, 1.807) is 21.9 Å². The Hall–Kier alpha value is -2.79. The van der Waals surface area contributed by atoms with E-state index < -0.39 is 0 Å². The predicted molar refractivity (Wildman–Crippen MR) is 104 cm³/mol. The molecule has 3 heterocycles. The van der Waals surface area contributed by atoms with Crippen LogP contribution in [-0.4, -0.2) is 14.4 Å². The van der Waals surface area contributed by atoms with Crippen LogP contribution in [0.25, 0.3) is 15.4 Å². The van der Waals surface area contributed by atoms with Crippen molar-refractivity contribution < 1.29 is 0 Å². The van der Waals surface area contributed by atoms with Crippen LogP contribution in [0.2, 0.25) is 0 Å². The minimum Gasteiger partial charge on any atom is -0.269 e. The van der Waals surface area contributed by atoms with Gasteiger partial charge in [0.05, 0.1) is 10.6 Å². The Kier molecular flexibility index (Phi) is 3.50. The van der Waals surface area contributed by atoms with E-state index in [0.29, 0.717) is 11.8 Å². The van der Waals surface area contributed by atoms with Gasteiger partial charge in [0.2, 0.25) is 0 Å². The van der Waals surface area contributed by atoms with Crippen LogP contribution in [-0.2, 0) is 0 Å². The van der Waals surface area contributed by atoms with Crippen molar-refractivity contribution in [1.82, 2.24) is 14.4 Å². The number of nitrogens with zero attached hydrogens (tertiary/aromatic N) is 3. The fraction of sp³-hybridized carbons (Fsp3) is 0.190. The molecule has 128 valence electrons. The minimum atomic E-state index is 0.0419. The lowest BCUT2D eigenvalue weighted by atomic mass is 10.1. The van der Waals surface area contributed by atoms with Crippen molar-refractivity contribution in [3.63, 3.8) is 0 Å². The van der Waals surface area contributed by atoms with Gasteiger partial charge in [0, 0.05) is 30.1 Å². The van der Waals surface area contributed by atoms with E-state index in [-0.39, 0.29) is 5.56 Å². The summed E-state index contributed by atoms with van der Waals surface area (Å²) in [7, 11) is 0. The number of pyridine rings is 1. The second-order valence-electron chi connectivity index (χ2n) is 6.78. The van der Waals surface area contributed by atoms with Crippen LogP contribution in [0.4, 0.5) is 0 Å². The molecule has 1 aromatic carbocycles. The average Bonchev–Trinajstić information content (AvgIpc) is 3.37. The fourth-order valence-electron chi connectivity index (χ4n) is 3.60. The predicted octanol–water partition coefficient (Wildman–Crippen LogP) is 4.40. The molecule has 5 rings (SSSR count). The van der Waals surface area contributed by atoms with Crippen LogP contribution < -0.4 is 5.56 Å². The van der Waals surface area contributed by atoms with E-state index in [0.717, 1.165) is 33.1 Å². The maximum absolute atomic E-state index is 12.9. The topological polar surface area (TPSA) is 47.3 Å². The van der Waals surface area contributed by atoms with E-state index in [2.05, 4.69) is 23.2 Å². The summed E-state index contributed by atoms with van der Waals surface area (Å²) in [5.41, 5.74) is 4.10. The number of benzene rings is 1. The molecule has 0 spiro atoms. The van der Waals surface area contributed by atoms with E-state index >= 15 is 0 Å². The molecule has 0 N–H and O–H groups in total. The fourth-order valence-corrected chi connectivity index (χ4v) is 4.59. The highest BCUT2D eigenvalue weighted by atomic mass is 32.1. The van der Waals surface area contributed by atoms with Gasteiger partial charge in [0.1, 0.15) is 0 Å². The summed E-state index contributed by atoms with van der Waals surface area (Å²) in [6.07, 6.45) is 6.66. The molecule has 0 amide bonds. The first kappa shape index (κ1) is 15.5. The van der Waals surface area contributed by atoms with Crippen LogP contribution in [0.3, 0.4) is 0 Å². The summed E-state index contributed by atoms with van der Waals surface area (Å²) >= 11 is 1.57. The van der Waals surface area contributed by atoms with Crippen molar-refractivity contribution >= 4 is 16.3 Å². The highest BCUT2D eigenvalue weighted by Gasteiger charge is 2.42. The van der Waals surface area contributed by atoms with Gasteiger partial charge in [-0.15, -0.1) is 0 Å².